The number of hydrogen-bond donors (Lipinski definition) is 1. The van der Waals surface area contributed by atoms with Gasteiger partial charge in [0, 0.05) is 24.4 Å². The van der Waals surface area contributed by atoms with Crippen molar-refractivity contribution in [3.05, 3.63) is 51.7 Å². The number of methoxy groups -OCH3 is 1. The maximum absolute atomic E-state index is 12.7. The highest BCUT2D eigenvalue weighted by atomic mass is 32.1. The van der Waals surface area contributed by atoms with Gasteiger partial charge in [-0.1, -0.05) is 24.3 Å². The number of aliphatic carboxylic acids is 1. The molecule has 1 atom stereocenters. The molecule has 1 aliphatic rings. The van der Waals surface area contributed by atoms with Gasteiger partial charge in [-0.15, -0.1) is 11.3 Å². The standard InChI is InChI=1S/C16H15NO4S/c1-21-12-7-14(22-9-12)15(18)17-8-11-5-3-2-4-10(11)6-13(17)16(19)20/h2-5,7,9,13H,6,8H2,1H3,(H,19,20)/t13-/m1/s1. The van der Waals surface area contributed by atoms with Gasteiger partial charge in [0.25, 0.3) is 5.91 Å². The zero-order valence-electron chi connectivity index (χ0n) is 12.0. The number of benzene rings is 1. The van der Waals surface area contributed by atoms with E-state index in [1.807, 2.05) is 24.3 Å². The Kier molecular flexibility index (Phi) is 3.85. The Labute approximate surface area is 131 Å². The minimum absolute atomic E-state index is 0.268. The number of carbonyl (C=O) groups excluding carboxylic acids is 1. The molecule has 6 heteroatoms. The van der Waals surface area contributed by atoms with Crippen LogP contribution in [0.5, 0.6) is 5.75 Å². The molecule has 1 aliphatic heterocycles. The van der Waals surface area contributed by atoms with Gasteiger partial charge in [0.2, 0.25) is 0 Å². The first kappa shape index (κ1) is 14.6. The van der Waals surface area contributed by atoms with Crippen LogP contribution in [0.4, 0.5) is 0 Å². The van der Waals surface area contributed by atoms with Crippen molar-refractivity contribution in [1.82, 2.24) is 4.90 Å². The first-order chi connectivity index (χ1) is 10.6. The van der Waals surface area contributed by atoms with E-state index in [4.69, 9.17) is 4.74 Å². The summed E-state index contributed by atoms with van der Waals surface area (Å²) in [5.74, 6) is -0.640. The van der Waals surface area contributed by atoms with Gasteiger partial charge in [-0.25, -0.2) is 4.79 Å². The number of amides is 1. The molecule has 0 aliphatic carbocycles. The van der Waals surface area contributed by atoms with Crippen LogP contribution in [-0.4, -0.2) is 35.0 Å². The first-order valence-electron chi connectivity index (χ1n) is 6.83. The Morgan fingerprint density at radius 2 is 2.05 bits per heavy atom. The lowest BCUT2D eigenvalue weighted by Gasteiger charge is -2.34. The number of nitrogens with zero attached hydrogens (tertiary/aromatic N) is 1. The van der Waals surface area contributed by atoms with Crippen molar-refractivity contribution < 1.29 is 19.4 Å². The molecule has 1 N–H and O–H groups in total. The van der Waals surface area contributed by atoms with Gasteiger partial charge in [0.1, 0.15) is 11.8 Å². The number of hydrogen-bond acceptors (Lipinski definition) is 4. The Morgan fingerprint density at radius 1 is 1.32 bits per heavy atom. The zero-order chi connectivity index (χ0) is 15.7. The molecule has 0 spiro atoms. The second-order valence-corrected chi connectivity index (χ2v) is 6.02. The number of carboxylic acids is 1. The van der Waals surface area contributed by atoms with Gasteiger partial charge in [-0.2, -0.15) is 0 Å². The number of ether oxygens (including phenoxy) is 1. The quantitative estimate of drug-likeness (QED) is 0.944. The molecule has 22 heavy (non-hydrogen) atoms. The molecule has 0 unspecified atom stereocenters. The summed E-state index contributed by atoms with van der Waals surface area (Å²) in [4.78, 5) is 26.1. The van der Waals surface area contributed by atoms with E-state index >= 15 is 0 Å². The fourth-order valence-electron chi connectivity index (χ4n) is 2.64. The van der Waals surface area contributed by atoms with Gasteiger partial charge in [-0.05, 0) is 11.1 Å². The van der Waals surface area contributed by atoms with Crippen molar-refractivity contribution in [2.24, 2.45) is 0 Å². The van der Waals surface area contributed by atoms with Crippen LogP contribution in [0.15, 0.2) is 35.7 Å². The second-order valence-electron chi connectivity index (χ2n) is 5.11. The van der Waals surface area contributed by atoms with Gasteiger partial charge < -0.3 is 14.7 Å². The van der Waals surface area contributed by atoms with Gasteiger partial charge in [0.05, 0.1) is 12.0 Å². The second kappa shape index (κ2) is 5.81. The Hall–Kier alpha value is -2.34. The number of carboxylic acid groups (broad SMARTS) is 1. The number of thiophene rings is 1. The lowest BCUT2D eigenvalue weighted by molar-refractivity contribution is -0.142. The molecule has 0 bridgehead atoms. The van der Waals surface area contributed by atoms with Crippen LogP contribution in [-0.2, 0) is 17.8 Å². The summed E-state index contributed by atoms with van der Waals surface area (Å²) in [6.07, 6.45) is 0.333. The molecule has 1 amide bonds. The predicted octanol–water partition coefficient (Wildman–Crippen LogP) is 2.41. The topological polar surface area (TPSA) is 66.8 Å². The van der Waals surface area contributed by atoms with Gasteiger partial charge >= 0.3 is 5.97 Å². The molecule has 0 saturated carbocycles. The highest BCUT2D eigenvalue weighted by Crippen LogP contribution is 2.28. The summed E-state index contributed by atoms with van der Waals surface area (Å²) in [6, 6.07) is 8.45. The van der Waals surface area contributed by atoms with E-state index in [1.165, 1.54) is 23.3 Å². The minimum Gasteiger partial charge on any atom is -0.496 e. The van der Waals surface area contributed by atoms with Crippen LogP contribution in [0.25, 0.3) is 0 Å². The van der Waals surface area contributed by atoms with Crippen LogP contribution in [0.2, 0.25) is 0 Å². The zero-order valence-corrected chi connectivity index (χ0v) is 12.8. The molecule has 5 nitrogen and oxygen atoms in total. The molecule has 3 rings (SSSR count). The van der Waals surface area contributed by atoms with Crippen molar-refractivity contribution >= 4 is 23.2 Å². The Bertz CT molecular complexity index is 724. The highest BCUT2D eigenvalue weighted by molar-refractivity contribution is 7.12. The van der Waals surface area contributed by atoms with E-state index in [0.717, 1.165) is 11.1 Å². The van der Waals surface area contributed by atoms with Crippen LogP contribution in [0.3, 0.4) is 0 Å². The summed E-state index contributed by atoms with van der Waals surface area (Å²) >= 11 is 1.26. The van der Waals surface area contributed by atoms with E-state index in [-0.39, 0.29) is 5.91 Å². The first-order valence-corrected chi connectivity index (χ1v) is 7.71. The van der Waals surface area contributed by atoms with E-state index in [2.05, 4.69) is 0 Å². The van der Waals surface area contributed by atoms with Crippen molar-refractivity contribution in [1.29, 1.82) is 0 Å². The monoisotopic (exact) mass is 317 g/mol. The summed E-state index contributed by atoms with van der Waals surface area (Å²) in [7, 11) is 1.54. The van der Waals surface area contributed by atoms with Crippen LogP contribution in [0.1, 0.15) is 20.8 Å². The SMILES string of the molecule is COc1csc(C(=O)N2Cc3ccccc3C[C@@H]2C(=O)O)c1. The van der Waals surface area contributed by atoms with Crippen molar-refractivity contribution in [2.45, 2.75) is 19.0 Å². The normalized spacial score (nSPS) is 17.0. The fourth-order valence-corrected chi connectivity index (χ4v) is 3.45. The van der Waals surface area contributed by atoms with Crippen molar-refractivity contribution in [3.8, 4) is 5.75 Å². The molecule has 0 radical (unpaired) electrons. The molecule has 0 saturated heterocycles. The van der Waals surface area contributed by atoms with E-state index < -0.39 is 12.0 Å². The number of carbonyl (C=O) groups is 2. The van der Waals surface area contributed by atoms with Crippen LogP contribution in [0, 0.1) is 0 Å². The average Bonchev–Trinajstić information content (AvgIpc) is 3.02. The summed E-state index contributed by atoms with van der Waals surface area (Å²) in [5.41, 5.74) is 1.99. The van der Waals surface area contributed by atoms with Gasteiger partial charge in [-0.3, -0.25) is 4.79 Å². The Morgan fingerprint density at radius 3 is 2.68 bits per heavy atom. The molecular formula is C16H15NO4S. The largest absolute Gasteiger partial charge is 0.496 e. The third-order valence-corrected chi connectivity index (χ3v) is 4.71. The summed E-state index contributed by atoms with van der Waals surface area (Å²) < 4.78 is 5.09. The molecule has 2 heterocycles. The molecule has 1 aromatic heterocycles. The third kappa shape index (κ3) is 2.57. The van der Waals surface area contributed by atoms with E-state index in [1.54, 1.807) is 11.4 Å². The van der Waals surface area contributed by atoms with Crippen molar-refractivity contribution in [3.63, 3.8) is 0 Å². The average molecular weight is 317 g/mol. The molecule has 1 aromatic carbocycles. The van der Waals surface area contributed by atoms with Crippen LogP contribution < -0.4 is 4.74 Å². The smallest absolute Gasteiger partial charge is 0.326 e. The maximum Gasteiger partial charge on any atom is 0.326 e. The number of fused-ring (bicyclic) bond motifs is 1. The van der Waals surface area contributed by atoms with E-state index in [0.29, 0.717) is 23.6 Å². The number of rotatable bonds is 3. The Balaban J connectivity index is 1.93. The lowest BCUT2D eigenvalue weighted by Crippen LogP contribution is -2.48. The fraction of sp³-hybridized carbons (Fsp3) is 0.250. The molecule has 0 fully saturated rings. The molecular weight excluding hydrogens is 302 g/mol. The predicted molar refractivity (Wildman–Crippen MR) is 82.3 cm³/mol. The summed E-state index contributed by atoms with van der Waals surface area (Å²) in [6.45, 7) is 0.312. The van der Waals surface area contributed by atoms with E-state index in [9.17, 15) is 14.7 Å². The lowest BCUT2D eigenvalue weighted by atomic mass is 9.94. The van der Waals surface area contributed by atoms with Crippen LogP contribution >= 0.6 is 11.3 Å². The molecule has 2 aromatic rings. The van der Waals surface area contributed by atoms with Crippen molar-refractivity contribution in [2.75, 3.05) is 7.11 Å². The third-order valence-electron chi connectivity index (χ3n) is 3.82. The highest BCUT2D eigenvalue weighted by Gasteiger charge is 2.35. The minimum atomic E-state index is -0.980. The summed E-state index contributed by atoms with van der Waals surface area (Å²) in [5, 5.41) is 11.2. The molecule has 114 valence electrons. The maximum atomic E-state index is 12.7. The van der Waals surface area contributed by atoms with Gasteiger partial charge in [0.15, 0.2) is 0 Å².